The number of carboxylic acid groups (broad SMARTS) is 1. The molecule has 208 valence electrons. The molecule has 1 N–H and O–H groups in total. The average Bonchev–Trinajstić information content (AvgIpc) is 2.82. The van der Waals surface area contributed by atoms with Gasteiger partial charge in [0.15, 0.2) is 5.78 Å². The smallest absolute Gasteiger partial charge is 0.407 e. The predicted octanol–water partition coefficient (Wildman–Crippen LogP) is 6.65. The lowest BCUT2D eigenvalue weighted by molar-refractivity contribution is -0.222. The van der Waals surface area contributed by atoms with Gasteiger partial charge in [0.25, 0.3) is 0 Å². The minimum absolute atomic E-state index is 0.00325. The number of ketones is 2. The number of fused-ring (bicyclic) bond motifs is 7. The van der Waals surface area contributed by atoms with E-state index in [-0.39, 0.29) is 57.1 Å². The van der Waals surface area contributed by atoms with Gasteiger partial charge in [-0.2, -0.15) is 5.26 Å². The first-order valence-electron chi connectivity index (χ1n) is 14.6. The van der Waals surface area contributed by atoms with Crippen LogP contribution in [-0.2, 0) is 9.59 Å². The minimum Gasteiger partial charge on any atom is -0.465 e. The van der Waals surface area contributed by atoms with E-state index in [1.165, 1.54) is 0 Å². The summed E-state index contributed by atoms with van der Waals surface area (Å²) in [4.78, 5) is 41.6. The highest BCUT2D eigenvalue weighted by Gasteiger charge is 2.72. The quantitative estimate of drug-likeness (QED) is 0.416. The lowest BCUT2D eigenvalue weighted by Gasteiger charge is -2.72. The van der Waals surface area contributed by atoms with Gasteiger partial charge in [0.2, 0.25) is 0 Å². The van der Waals surface area contributed by atoms with Gasteiger partial charge in [0, 0.05) is 30.3 Å². The fourth-order valence-electron chi connectivity index (χ4n) is 11.1. The molecule has 6 heteroatoms. The SMILES string of the molecule is CN(C(=O)O)[C@]12CCC(C)(C)C[C@H]1[C@H]1C(=O)CC3[C@@]4(C)C=C(C#N)C(=O)C(C)(C)C4CC[C@@]3(C)[C@]1(C)CC2. The second kappa shape index (κ2) is 7.95. The molecule has 38 heavy (non-hydrogen) atoms. The third-order valence-electron chi connectivity index (χ3n) is 13.4. The summed E-state index contributed by atoms with van der Waals surface area (Å²) < 4.78 is 0. The number of hydrogen-bond acceptors (Lipinski definition) is 4. The Morgan fingerprint density at radius 2 is 1.61 bits per heavy atom. The van der Waals surface area contributed by atoms with E-state index in [0.29, 0.717) is 6.42 Å². The first-order valence-corrected chi connectivity index (χ1v) is 14.6. The molecular formula is C32H46N2O4. The Kier molecular flexibility index (Phi) is 5.73. The molecule has 6 nitrogen and oxygen atoms in total. The highest BCUT2D eigenvalue weighted by Crippen LogP contribution is 2.75. The molecular weight excluding hydrogens is 476 g/mol. The van der Waals surface area contributed by atoms with Crippen LogP contribution in [0.25, 0.3) is 0 Å². The zero-order valence-electron chi connectivity index (χ0n) is 24.6. The topological polar surface area (TPSA) is 98.5 Å². The maximum atomic E-state index is 14.5. The minimum atomic E-state index is -0.901. The van der Waals surface area contributed by atoms with Gasteiger partial charge >= 0.3 is 6.09 Å². The molecule has 5 rings (SSSR count). The number of carbonyl (C=O) groups excluding carboxylic acids is 2. The molecule has 0 bridgehead atoms. The average molecular weight is 523 g/mol. The molecule has 1 amide bonds. The monoisotopic (exact) mass is 522 g/mol. The normalized spacial score (nSPS) is 46.9. The molecule has 0 radical (unpaired) electrons. The van der Waals surface area contributed by atoms with Gasteiger partial charge in [-0.05, 0) is 84.4 Å². The molecule has 0 aromatic rings. The summed E-state index contributed by atoms with van der Waals surface area (Å²) in [6.07, 6.45) is 7.55. The number of Topliss-reactive ketones (excluding diaryl/α,β-unsaturated/α-hetero) is 2. The predicted molar refractivity (Wildman–Crippen MR) is 145 cm³/mol. The maximum absolute atomic E-state index is 14.5. The van der Waals surface area contributed by atoms with Crippen LogP contribution >= 0.6 is 0 Å². The van der Waals surface area contributed by atoms with Gasteiger partial charge < -0.3 is 10.0 Å². The molecule has 4 fully saturated rings. The van der Waals surface area contributed by atoms with Gasteiger partial charge in [-0.25, -0.2) is 4.79 Å². The maximum Gasteiger partial charge on any atom is 0.407 e. The Morgan fingerprint density at radius 1 is 0.974 bits per heavy atom. The van der Waals surface area contributed by atoms with Crippen LogP contribution in [0, 0.1) is 62.1 Å². The van der Waals surface area contributed by atoms with Crippen LogP contribution in [0.15, 0.2) is 11.6 Å². The van der Waals surface area contributed by atoms with Crippen molar-refractivity contribution in [3.8, 4) is 6.07 Å². The van der Waals surface area contributed by atoms with Gasteiger partial charge in [-0.3, -0.25) is 9.59 Å². The molecule has 0 aromatic heterocycles. The molecule has 0 spiro atoms. The summed E-state index contributed by atoms with van der Waals surface area (Å²) in [5.41, 5.74) is -1.68. The van der Waals surface area contributed by atoms with Gasteiger partial charge in [-0.15, -0.1) is 0 Å². The van der Waals surface area contributed by atoms with E-state index in [4.69, 9.17) is 0 Å². The fourth-order valence-corrected chi connectivity index (χ4v) is 11.1. The number of hydrogen-bond donors (Lipinski definition) is 1. The number of allylic oxidation sites excluding steroid dienone is 2. The largest absolute Gasteiger partial charge is 0.465 e. The standard InChI is InChI=1S/C32H46N2O4/c1-27(2)11-13-32(34(8)26(37)38)14-12-31(7)24(20(32)17-27)21(35)15-23-29(5)16-19(18-33)25(36)28(3,4)22(29)9-10-30(23,31)6/h16,20,22-24H,9-15,17H2,1-8H3,(H,37,38)/t20-,22?,23?,24-,29-,30+,31+,32-/m0/s1. The third-order valence-corrected chi connectivity index (χ3v) is 13.4. The summed E-state index contributed by atoms with van der Waals surface area (Å²) in [7, 11) is 1.72. The highest BCUT2D eigenvalue weighted by molar-refractivity contribution is 6.04. The summed E-state index contributed by atoms with van der Waals surface area (Å²) in [6, 6.07) is 2.19. The highest BCUT2D eigenvalue weighted by atomic mass is 16.4. The number of rotatable bonds is 1. The van der Waals surface area contributed by atoms with Crippen molar-refractivity contribution < 1.29 is 19.5 Å². The first kappa shape index (κ1) is 27.4. The number of carbonyl (C=O) groups is 3. The van der Waals surface area contributed by atoms with Crippen LogP contribution < -0.4 is 0 Å². The first-order chi connectivity index (χ1) is 17.4. The van der Waals surface area contributed by atoms with E-state index >= 15 is 0 Å². The van der Waals surface area contributed by atoms with Crippen molar-refractivity contribution in [1.29, 1.82) is 5.26 Å². The molecule has 2 unspecified atom stereocenters. The van der Waals surface area contributed by atoms with Crippen molar-refractivity contribution in [3.63, 3.8) is 0 Å². The van der Waals surface area contributed by atoms with Crippen LogP contribution in [0.4, 0.5) is 4.79 Å². The van der Waals surface area contributed by atoms with E-state index in [9.17, 15) is 24.8 Å². The Labute approximate surface area is 228 Å². The second-order valence-electron chi connectivity index (χ2n) is 15.6. The zero-order valence-corrected chi connectivity index (χ0v) is 24.6. The number of nitrogens with zero attached hydrogens (tertiary/aromatic N) is 2. The molecule has 8 atom stereocenters. The summed E-state index contributed by atoms with van der Waals surface area (Å²) in [6.45, 7) is 15.4. The molecule has 5 aliphatic carbocycles. The molecule has 0 saturated heterocycles. The second-order valence-corrected chi connectivity index (χ2v) is 15.6. The Morgan fingerprint density at radius 3 is 2.21 bits per heavy atom. The summed E-state index contributed by atoms with van der Waals surface area (Å²) in [5, 5.41) is 20.0. The van der Waals surface area contributed by atoms with E-state index in [1.54, 1.807) is 11.9 Å². The zero-order chi connectivity index (χ0) is 28.3. The van der Waals surface area contributed by atoms with Crippen LogP contribution in [0.5, 0.6) is 0 Å². The molecule has 0 aromatic carbocycles. The Balaban J connectivity index is 1.65. The van der Waals surface area contributed by atoms with E-state index in [0.717, 1.165) is 44.9 Å². The van der Waals surface area contributed by atoms with Crippen molar-refractivity contribution in [2.45, 2.75) is 105 Å². The molecule has 4 saturated carbocycles. The molecule has 0 aliphatic heterocycles. The summed E-state index contributed by atoms with van der Waals surface area (Å²) in [5.74, 6) is 0.137. The Hall–Kier alpha value is -2.16. The van der Waals surface area contributed by atoms with Crippen LogP contribution in [-0.4, -0.2) is 40.3 Å². The van der Waals surface area contributed by atoms with E-state index in [1.807, 2.05) is 19.9 Å². The van der Waals surface area contributed by atoms with E-state index in [2.05, 4.69) is 40.7 Å². The third kappa shape index (κ3) is 3.20. The Bertz CT molecular complexity index is 1180. The van der Waals surface area contributed by atoms with Crippen molar-refractivity contribution in [3.05, 3.63) is 11.6 Å². The van der Waals surface area contributed by atoms with Crippen LogP contribution in [0.3, 0.4) is 0 Å². The van der Waals surface area contributed by atoms with Crippen molar-refractivity contribution in [1.82, 2.24) is 4.90 Å². The van der Waals surface area contributed by atoms with Crippen molar-refractivity contribution in [2.24, 2.45) is 50.7 Å². The van der Waals surface area contributed by atoms with Gasteiger partial charge in [0.1, 0.15) is 11.9 Å². The van der Waals surface area contributed by atoms with E-state index < -0.39 is 22.5 Å². The molecule has 0 heterocycles. The van der Waals surface area contributed by atoms with Crippen LogP contribution in [0.2, 0.25) is 0 Å². The van der Waals surface area contributed by atoms with Gasteiger partial charge in [-0.1, -0.05) is 54.5 Å². The fraction of sp³-hybridized carbons (Fsp3) is 0.812. The number of amides is 1. The van der Waals surface area contributed by atoms with Crippen molar-refractivity contribution in [2.75, 3.05) is 7.05 Å². The lowest BCUT2D eigenvalue weighted by atomic mass is 9.32. The lowest BCUT2D eigenvalue weighted by Crippen LogP contribution is -2.72. The van der Waals surface area contributed by atoms with Crippen LogP contribution in [0.1, 0.15) is 99.8 Å². The van der Waals surface area contributed by atoms with Crippen molar-refractivity contribution >= 4 is 17.7 Å². The summed E-state index contributed by atoms with van der Waals surface area (Å²) >= 11 is 0. The number of nitriles is 1. The molecule has 5 aliphatic rings. The van der Waals surface area contributed by atoms with Gasteiger partial charge in [0.05, 0.1) is 5.57 Å².